The molecule has 0 aliphatic heterocycles. The predicted octanol–water partition coefficient (Wildman–Crippen LogP) is 2.52. The lowest BCUT2D eigenvalue weighted by Gasteiger charge is -2.11. The molecule has 3 rings (SSSR count). The number of fused-ring (bicyclic) bond motifs is 1. The maximum Gasteiger partial charge on any atom is 0.352 e. The number of ether oxygens (including phenoxy) is 1. The molecule has 1 N–H and O–H groups in total. The number of carboxylic acids is 1. The lowest BCUT2D eigenvalue weighted by molar-refractivity contribution is 0.0687. The fraction of sp³-hybridized carbons (Fsp3) is 0.235. The largest absolute Gasteiger partial charge is 0.477 e. The predicted molar refractivity (Wildman–Crippen MR) is 89.4 cm³/mol. The van der Waals surface area contributed by atoms with Gasteiger partial charge in [0.25, 0.3) is 0 Å². The first-order valence-corrected chi connectivity index (χ1v) is 7.42. The molecule has 0 bridgehead atoms. The van der Waals surface area contributed by atoms with E-state index in [9.17, 15) is 9.90 Å². The van der Waals surface area contributed by atoms with Crippen LogP contribution in [0.1, 0.15) is 16.3 Å². The summed E-state index contributed by atoms with van der Waals surface area (Å²) < 4.78 is 7.51. The van der Waals surface area contributed by atoms with Gasteiger partial charge in [-0.2, -0.15) is 4.98 Å². The van der Waals surface area contributed by atoms with E-state index >= 15 is 0 Å². The van der Waals surface area contributed by atoms with Gasteiger partial charge >= 0.3 is 5.97 Å². The topological polar surface area (TPSA) is 80.5 Å². The molecular weight excluding hydrogens is 308 g/mol. The van der Waals surface area contributed by atoms with Gasteiger partial charge in [-0.3, -0.25) is 0 Å². The number of benzene rings is 1. The number of para-hydroxylation sites is 1. The van der Waals surface area contributed by atoms with Gasteiger partial charge in [-0.25, -0.2) is 9.78 Å². The van der Waals surface area contributed by atoms with E-state index in [0.717, 1.165) is 5.39 Å². The van der Waals surface area contributed by atoms with Crippen molar-refractivity contribution in [3.8, 4) is 11.6 Å². The minimum Gasteiger partial charge on any atom is -0.477 e. The number of aromatic nitrogens is 3. The molecule has 0 unspecified atom stereocenters. The summed E-state index contributed by atoms with van der Waals surface area (Å²) >= 11 is 0. The molecule has 0 aliphatic carbocycles. The van der Waals surface area contributed by atoms with Crippen LogP contribution in [0, 0.1) is 0 Å². The van der Waals surface area contributed by atoms with Gasteiger partial charge in [-0.15, -0.1) is 0 Å². The van der Waals surface area contributed by atoms with Crippen molar-refractivity contribution >= 4 is 16.9 Å². The number of aryl methyl sites for hydroxylation is 1. The van der Waals surface area contributed by atoms with E-state index in [-0.39, 0.29) is 5.69 Å². The van der Waals surface area contributed by atoms with Gasteiger partial charge in [-0.1, -0.05) is 12.1 Å². The Hall–Kier alpha value is -2.93. The van der Waals surface area contributed by atoms with Crippen molar-refractivity contribution in [3.63, 3.8) is 0 Å². The van der Waals surface area contributed by atoms with Gasteiger partial charge in [0.15, 0.2) is 5.75 Å². The molecule has 3 aromatic rings. The molecule has 0 amide bonds. The molecule has 0 radical (unpaired) electrons. The van der Waals surface area contributed by atoms with E-state index in [2.05, 4.69) is 9.97 Å². The molecule has 1 aromatic carbocycles. The second-order valence-corrected chi connectivity index (χ2v) is 5.74. The van der Waals surface area contributed by atoms with Crippen LogP contribution in [-0.2, 0) is 13.6 Å². The lowest BCUT2D eigenvalue weighted by atomic mass is 10.2. The van der Waals surface area contributed by atoms with E-state index in [1.165, 1.54) is 0 Å². The van der Waals surface area contributed by atoms with Crippen molar-refractivity contribution in [2.75, 3.05) is 14.1 Å². The molecule has 7 nitrogen and oxygen atoms in total. The second-order valence-electron chi connectivity index (χ2n) is 5.74. The molecule has 0 aliphatic rings. The van der Waals surface area contributed by atoms with Gasteiger partial charge in [0.05, 0.1) is 12.1 Å². The van der Waals surface area contributed by atoms with Gasteiger partial charge in [-0.05, 0) is 26.2 Å². The Morgan fingerprint density at radius 2 is 2.12 bits per heavy atom. The quantitative estimate of drug-likeness (QED) is 0.776. The minimum absolute atomic E-state index is 0.206. The Labute approximate surface area is 139 Å². The molecule has 0 saturated heterocycles. The number of hydrogen-bond donors (Lipinski definition) is 1. The van der Waals surface area contributed by atoms with Gasteiger partial charge in [0.2, 0.25) is 5.88 Å². The normalized spacial score (nSPS) is 11.2. The molecule has 0 spiro atoms. The fourth-order valence-corrected chi connectivity index (χ4v) is 2.58. The molecule has 124 valence electrons. The summed E-state index contributed by atoms with van der Waals surface area (Å²) in [6.07, 6.45) is 1.65. The van der Waals surface area contributed by atoms with E-state index in [1.54, 1.807) is 36.0 Å². The molecule has 24 heavy (non-hydrogen) atoms. The number of carbonyl (C=O) groups is 1. The highest BCUT2D eigenvalue weighted by atomic mass is 16.5. The van der Waals surface area contributed by atoms with Crippen LogP contribution in [-0.4, -0.2) is 44.6 Å². The molecule has 2 heterocycles. The third-order valence-corrected chi connectivity index (χ3v) is 3.59. The van der Waals surface area contributed by atoms with Crippen molar-refractivity contribution < 1.29 is 14.6 Å². The summed E-state index contributed by atoms with van der Waals surface area (Å²) in [7, 11) is 5.58. The van der Waals surface area contributed by atoms with E-state index < -0.39 is 5.97 Å². The number of hydrogen-bond acceptors (Lipinski definition) is 5. The molecule has 0 saturated carbocycles. The zero-order valence-electron chi connectivity index (χ0n) is 13.7. The standard InChI is InChI=1S/C17H18N4O3/c1-20(2)10-14-18-8-7-15(19-14)24-13-6-4-5-11-9-12(17(22)23)21(3)16(11)13/h4-9H,10H2,1-3H3,(H,22,23). The summed E-state index contributed by atoms with van der Waals surface area (Å²) in [6.45, 7) is 0.606. The summed E-state index contributed by atoms with van der Waals surface area (Å²) in [6, 6.07) is 8.78. The zero-order valence-corrected chi connectivity index (χ0v) is 13.7. The maximum absolute atomic E-state index is 11.3. The zero-order chi connectivity index (χ0) is 17.3. The number of nitrogens with zero attached hydrogens (tertiary/aromatic N) is 4. The molecular formula is C17H18N4O3. The number of carboxylic acid groups (broad SMARTS) is 1. The van der Waals surface area contributed by atoms with Crippen LogP contribution in [0.5, 0.6) is 11.6 Å². The molecule has 7 heteroatoms. The van der Waals surface area contributed by atoms with Crippen molar-refractivity contribution in [1.82, 2.24) is 19.4 Å². The van der Waals surface area contributed by atoms with Crippen LogP contribution in [0.15, 0.2) is 36.5 Å². The van der Waals surface area contributed by atoms with Crippen LogP contribution in [0.2, 0.25) is 0 Å². The minimum atomic E-state index is -0.977. The summed E-state index contributed by atoms with van der Waals surface area (Å²) in [5.74, 6) is 0.655. The first kappa shape index (κ1) is 15.9. The third-order valence-electron chi connectivity index (χ3n) is 3.59. The Morgan fingerprint density at radius 1 is 1.33 bits per heavy atom. The van der Waals surface area contributed by atoms with Crippen molar-refractivity contribution in [2.24, 2.45) is 7.05 Å². The fourth-order valence-electron chi connectivity index (χ4n) is 2.58. The third kappa shape index (κ3) is 3.07. The average molecular weight is 326 g/mol. The Balaban J connectivity index is 2.00. The summed E-state index contributed by atoms with van der Waals surface area (Å²) in [4.78, 5) is 21.9. The summed E-state index contributed by atoms with van der Waals surface area (Å²) in [5, 5.41) is 10.1. The van der Waals surface area contributed by atoms with Crippen molar-refractivity contribution in [1.29, 1.82) is 0 Å². The van der Waals surface area contributed by atoms with Crippen LogP contribution in [0.25, 0.3) is 10.9 Å². The lowest BCUT2D eigenvalue weighted by Crippen LogP contribution is -2.13. The highest BCUT2D eigenvalue weighted by molar-refractivity contribution is 5.96. The van der Waals surface area contributed by atoms with E-state index in [1.807, 2.05) is 31.1 Å². The first-order valence-electron chi connectivity index (χ1n) is 7.42. The van der Waals surface area contributed by atoms with Crippen molar-refractivity contribution in [3.05, 3.63) is 48.0 Å². The highest BCUT2D eigenvalue weighted by Crippen LogP contribution is 2.31. The van der Waals surface area contributed by atoms with Gasteiger partial charge in [0.1, 0.15) is 11.5 Å². The SMILES string of the molecule is CN(C)Cc1nccc(Oc2cccc3cc(C(=O)O)n(C)c23)n1. The molecule has 2 aromatic heterocycles. The number of rotatable bonds is 5. The Morgan fingerprint density at radius 3 is 2.83 bits per heavy atom. The highest BCUT2D eigenvalue weighted by Gasteiger charge is 2.16. The first-order chi connectivity index (χ1) is 11.5. The summed E-state index contributed by atoms with van der Waals surface area (Å²) in [5.41, 5.74) is 0.916. The average Bonchev–Trinajstić information content (AvgIpc) is 2.85. The van der Waals surface area contributed by atoms with Crippen LogP contribution >= 0.6 is 0 Å². The number of aromatic carboxylic acids is 1. The van der Waals surface area contributed by atoms with E-state index in [4.69, 9.17) is 4.74 Å². The van der Waals surface area contributed by atoms with E-state index in [0.29, 0.717) is 29.5 Å². The molecule has 0 atom stereocenters. The second kappa shape index (κ2) is 6.29. The maximum atomic E-state index is 11.3. The van der Waals surface area contributed by atoms with Crippen LogP contribution < -0.4 is 4.74 Å². The van der Waals surface area contributed by atoms with Crippen molar-refractivity contribution in [2.45, 2.75) is 6.54 Å². The monoisotopic (exact) mass is 326 g/mol. The Kier molecular flexibility index (Phi) is 4.18. The van der Waals surface area contributed by atoms with Gasteiger partial charge in [0, 0.05) is 24.7 Å². The Bertz CT molecular complexity index is 902. The smallest absolute Gasteiger partial charge is 0.352 e. The molecule has 0 fully saturated rings. The van der Waals surface area contributed by atoms with Crippen LogP contribution in [0.3, 0.4) is 0 Å². The van der Waals surface area contributed by atoms with Gasteiger partial charge < -0.3 is 19.3 Å². The van der Waals surface area contributed by atoms with Crippen LogP contribution in [0.4, 0.5) is 0 Å².